The lowest BCUT2D eigenvalue weighted by Crippen LogP contribution is -2.42. The predicted molar refractivity (Wildman–Crippen MR) is 395 cm³/mol. The van der Waals surface area contributed by atoms with Crippen LogP contribution in [0.4, 0.5) is 30.2 Å². The maximum absolute atomic E-state index is 15.8. The summed E-state index contributed by atoms with van der Waals surface area (Å²) in [7, 11) is -24.9. The molecule has 1 fully saturated rings. The highest BCUT2D eigenvalue weighted by molar-refractivity contribution is 7.91. The van der Waals surface area contributed by atoms with Gasteiger partial charge < -0.3 is 44.7 Å². The highest BCUT2D eigenvalue weighted by Gasteiger charge is 2.45. The van der Waals surface area contributed by atoms with E-state index in [1.807, 2.05) is 36.4 Å². The molecule has 29 nitrogen and oxygen atoms in total. The number of amides is 2. The number of nitrogens with two attached hydrogens (primary N) is 1. The van der Waals surface area contributed by atoms with Gasteiger partial charge in [-0.25, -0.2) is 48.4 Å². The summed E-state index contributed by atoms with van der Waals surface area (Å²) in [6, 6.07) is 21.0. The van der Waals surface area contributed by atoms with E-state index in [4.69, 9.17) is 44.6 Å². The number of anilines is 2. The number of primary sulfonamides is 1. The van der Waals surface area contributed by atoms with Crippen molar-refractivity contribution in [1.82, 2.24) is 10.6 Å². The van der Waals surface area contributed by atoms with E-state index < -0.39 is 153 Å². The number of fused-ring (bicyclic) bond motifs is 2. The molecule has 7 N–H and O–H groups in total. The number of unbranched alkanes of at least 4 members (excludes halogenated alkanes) is 2. The molecule has 4 aromatic rings. The molecule has 1 saturated carbocycles. The van der Waals surface area contributed by atoms with Crippen molar-refractivity contribution in [2.24, 2.45) is 5.14 Å². The lowest BCUT2D eigenvalue weighted by Gasteiger charge is -2.28. The van der Waals surface area contributed by atoms with Gasteiger partial charge in [0, 0.05) is 85.1 Å². The first-order chi connectivity index (χ1) is 51.1. The number of hydrogen-bond donors (Lipinski definition) is 6. The van der Waals surface area contributed by atoms with Crippen LogP contribution >= 0.6 is 0 Å². The first-order valence-corrected chi connectivity index (χ1v) is 43.3. The second-order valence-corrected chi connectivity index (χ2v) is 34.6. The van der Waals surface area contributed by atoms with Gasteiger partial charge in [-0.2, -0.15) is 13.0 Å². The van der Waals surface area contributed by atoms with Gasteiger partial charge in [-0.1, -0.05) is 101 Å². The Hall–Kier alpha value is -8.05. The van der Waals surface area contributed by atoms with Crippen LogP contribution in [-0.2, 0) is 102 Å². The first-order valence-electron chi connectivity index (χ1n) is 34.9. The monoisotopic (exact) mass is 1640 g/mol. The molecule has 8 rings (SSSR count). The van der Waals surface area contributed by atoms with E-state index in [1.165, 1.54) is 0 Å². The van der Waals surface area contributed by atoms with Crippen molar-refractivity contribution in [2.75, 3.05) is 73.5 Å². The number of carbonyl (C=O) groups excluding carboxylic acids is 2. The van der Waals surface area contributed by atoms with E-state index in [-0.39, 0.29) is 64.4 Å². The van der Waals surface area contributed by atoms with Gasteiger partial charge in [0.2, 0.25) is 27.5 Å². The molecule has 2 amide bonds. The first kappa shape index (κ1) is 89.8. The third-order valence-electron chi connectivity index (χ3n) is 18.5. The Labute approximate surface area is 635 Å². The minimum absolute atomic E-state index is 0.00966. The largest absolute Gasteiger partial charge is 0.748 e. The lowest BCUT2D eigenvalue weighted by atomic mass is 9.81. The Bertz CT molecular complexity index is 4800. The van der Waals surface area contributed by atoms with Crippen LogP contribution in [0.15, 0.2) is 129 Å². The zero-order valence-electron chi connectivity index (χ0n) is 60.5. The van der Waals surface area contributed by atoms with E-state index in [0.29, 0.717) is 81.5 Å². The third kappa shape index (κ3) is 27.1. The minimum Gasteiger partial charge on any atom is -0.748 e. The maximum Gasteiger partial charge on any atom is 0.425 e. The fourth-order valence-corrected chi connectivity index (χ4v) is 16.7. The molecule has 38 heteroatoms. The number of allylic oxidation sites excluding steroid dienone is 7. The number of hydrogen-bond acceptors (Lipinski definition) is 23. The molecule has 4 aliphatic rings. The second-order valence-electron chi connectivity index (χ2n) is 27.1. The molecule has 0 aromatic heterocycles. The Balaban J connectivity index is 0.00000221. The van der Waals surface area contributed by atoms with Gasteiger partial charge in [0.15, 0.2) is 37.9 Å². The van der Waals surface area contributed by atoms with Crippen molar-refractivity contribution >= 4 is 102 Å². The van der Waals surface area contributed by atoms with Crippen LogP contribution in [0.1, 0.15) is 147 Å². The summed E-state index contributed by atoms with van der Waals surface area (Å²) in [5, 5.41) is 22.8. The Morgan fingerprint density at radius 1 is 0.688 bits per heavy atom. The molecule has 109 heavy (non-hydrogen) atoms. The number of carboxylic acid groups (broad SMARTS) is 1. The molecule has 2 heterocycles. The van der Waals surface area contributed by atoms with Gasteiger partial charge in [0.1, 0.15) is 29.0 Å². The number of rotatable bonds is 35. The van der Waals surface area contributed by atoms with Crippen molar-refractivity contribution in [3.05, 3.63) is 154 Å². The van der Waals surface area contributed by atoms with Crippen LogP contribution in [0.3, 0.4) is 0 Å². The molecule has 0 spiro atoms. The van der Waals surface area contributed by atoms with Gasteiger partial charge in [0.25, 0.3) is 10.1 Å². The molecule has 0 saturated heterocycles. The van der Waals surface area contributed by atoms with E-state index in [9.17, 15) is 62.3 Å². The van der Waals surface area contributed by atoms with Crippen LogP contribution < -0.4 is 30.7 Å². The fraction of sp³-hybridized carbons (Fsp3) is 0.493. The quantitative estimate of drug-likeness (QED) is 0.0110. The van der Waals surface area contributed by atoms with Gasteiger partial charge in [-0.15, -0.1) is 25.3 Å². The van der Waals surface area contributed by atoms with Crippen molar-refractivity contribution in [2.45, 2.75) is 170 Å². The SMILES string of the molecule is CC1(C)C(=CC=C2CCCC(C=CC3=[N+](CCCCS(=O)(=O)O)c4ccccc4C3(C)C)=C2Oc2ccc(C[C@H](NC(=O)CCOCCOCCNC(=O)CCS(=O)(=O)c3c(F)c(F)c(S(N)(=O)=O)c(F)c3NC3CCCCCCC3)C(=O)O)cc2)N(CCCCS(=O)(=O)[O-])c2ccccc21.O=S(=O)=O.O=S(=O)=O. The van der Waals surface area contributed by atoms with Crippen LogP contribution in [-0.4, -0.2) is 177 Å². The predicted octanol–water partition coefficient (Wildman–Crippen LogP) is 7.83. The molecule has 600 valence electrons. The number of carboxylic acids is 1. The van der Waals surface area contributed by atoms with Gasteiger partial charge >= 0.3 is 27.2 Å². The summed E-state index contributed by atoms with van der Waals surface area (Å²) >= 11 is 0. The second kappa shape index (κ2) is 40.8. The van der Waals surface area contributed by atoms with Gasteiger partial charge in [-0.3, -0.25) is 14.1 Å². The molecule has 2 aliphatic carbocycles. The number of sulfonamides is 1. The van der Waals surface area contributed by atoms with E-state index in [0.717, 1.165) is 70.7 Å². The number of nitrogens with one attached hydrogen (secondary N) is 3. The van der Waals surface area contributed by atoms with Crippen LogP contribution in [0.5, 0.6) is 5.75 Å². The Kier molecular flexibility index (Phi) is 33.6. The van der Waals surface area contributed by atoms with E-state index in [2.05, 4.69) is 89.6 Å². The Morgan fingerprint density at radius 3 is 1.91 bits per heavy atom. The maximum atomic E-state index is 15.8. The Morgan fingerprint density at radius 2 is 1.28 bits per heavy atom. The molecular weight excluding hydrogens is 1550 g/mol. The average molecular weight is 1650 g/mol. The summed E-state index contributed by atoms with van der Waals surface area (Å²) in [6.07, 6.45) is 15.4. The van der Waals surface area contributed by atoms with Crippen molar-refractivity contribution in [3.8, 4) is 5.75 Å². The number of aliphatic carboxylic acids is 1. The normalized spacial score (nSPS) is 17.0. The molecular formula is C71H91F3N6O23S6. The van der Waals surface area contributed by atoms with Crippen LogP contribution in [0.25, 0.3) is 0 Å². The molecule has 1 atom stereocenters. The summed E-state index contributed by atoms with van der Waals surface area (Å²) in [4.78, 5) is 37.2. The van der Waals surface area contributed by atoms with Crippen LogP contribution in [0.2, 0.25) is 0 Å². The number of nitrogens with zero attached hydrogens (tertiary/aromatic N) is 2. The molecule has 2 aliphatic heterocycles. The number of sulfone groups is 1. The fourth-order valence-electron chi connectivity index (χ4n) is 13.4. The molecule has 0 bridgehead atoms. The number of para-hydroxylation sites is 2. The zero-order valence-corrected chi connectivity index (χ0v) is 65.4. The number of halogens is 3. The smallest absolute Gasteiger partial charge is 0.425 e. The number of ether oxygens (including phenoxy) is 3. The molecule has 0 radical (unpaired) electrons. The number of carbonyl (C=O) groups is 3. The number of benzene rings is 4. The highest BCUT2D eigenvalue weighted by atomic mass is 32.2. The summed E-state index contributed by atoms with van der Waals surface area (Å²) in [6.45, 7) is 9.14. The average Bonchev–Trinajstić information content (AvgIpc) is 1.72. The van der Waals surface area contributed by atoms with E-state index >= 15 is 13.2 Å². The summed E-state index contributed by atoms with van der Waals surface area (Å²) in [5.41, 5.74) is 6.44. The van der Waals surface area contributed by atoms with Crippen LogP contribution in [0, 0.1) is 17.5 Å². The van der Waals surface area contributed by atoms with Gasteiger partial charge in [0.05, 0.1) is 59.2 Å². The topological polar surface area (TPSA) is 450 Å². The lowest BCUT2D eigenvalue weighted by molar-refractivity contribution is -0.438. The van der Waals surface area contributed by atoms with Gasteiger partial charge in [-0.05, 0) is 118 Å². The standard InChI is InChI=1S/C71H91F3N6O17S4.2O3S/c1-70(2)53-23-10-12-25-56(53)79(38-14-16-44-99(87,88)89)58(70)33-29-49-19-18-20-50(30-34-59-71(3,4)54-24-11-13-26-57(54)80(59)39-15-17-45-100(90,91)92)66(49)97-52-31-27-48(28-32-52)47-55(69(83)84)78-61(82)35-40-95-42-43-96-41-37-76-60(81)36-46-98(85,86)68-63(73)62(72)67(101(75,93)94)64(74)65(68)77-51-21-8-6-5-7-9-22-51;2*1-4(2)3/h10-13,23-34,51,55,77H,5-9,14-22,35-47H2,1-4H3,(H6-,75,76,78,81,82,83,84,87,88,89,90,91,92,93,94);;/t55-;;/m0../s1. The third-order valence-corrected chi connectivity index (χ3v) is 22.8. The molecule has 0 unspecified atom stereocenters. The zero-order chi connectivity index (χ0) is 80.7. The van der Waals surface area contributed by atoms with E-state index in [1.54, 1.807) is 24.3 Å². The van der Waals surface area contributed by atoms with Crippen molar-refractivity contribution < 1.29 is 119 Å². The van der Waals surface area contributed by atoms with Crippen molar-refractivity contribution in [1.29, 1.82) is 0 Å². The minimum atomic E-state index is -5.19. The highest BCUT2D eigenvalue weighted by Crippen LogP contribution is 2.48. The molecule has 4 aromatic carbocycles. The van der Waals surface area contributed by atoms with Crippen molar-refractivity contribution in [3.63, 3.8) is 0 Å². The summed E-state index contributed by atoms with van der Waals surface area (Å²) < 4.78 is 236. The summed E-state index contributed by atoms with van der Waals surface area (Å²) in [5.74, 6) is -9.92.